The third-order valence-electron chi connectivity index (χ3n) is 4.72. The molecule has 1 aliphatic rings. The van der Waals surface area contributed by atoms with Gasteiger partial charge in [0, 0.05) is 12.1 Å². The van der Waals surface area contributed by atoms with Gasteiger partial charge in [0.25, 0.3) is 0 Å². The first-order valence-corrected chi connectivity index (χ1v) is 7.94. The Hall–Kier alpha value is -0.820. The van der Waals surface area contributed by atoms with Gasteiger partial charge >= 0.3 is 0 Å². The molecule has 2 atom stereocenters. The van der Waals surface area contributed by atoms with Crippen molar-refractivity contribution in [2.24, 2.45) is 5.92 Å². The highest BCUT2D eigenvalue weighted by molar-refractivity contribution is 5.26. The maximum Gasteiger partial charge on any atom is 0.0294 e. The molecule has 0 heterocycles. The summed E-state index contributed by atoms with van der Waals surface area (Å²) in [5.41, 5.74) is 2.84. The Morgan fingerprint density at radius 1 is 0.895 bits per heavy atom. The molecule has 1 N–H and O–H groups in total. The third-order valence-corrected chi connectivity index (χ3v) is 4.72. The van der Waals surface area contributed by atoms with Crippen LogP contribution in [0.2, 0.25) is 0 Å². The van der Waals surface area contributed by atoms with E-state index in [4.69, 9.17) is 0 Å². The molecule has 1 aromatic rings. The van der Waals surface area contributed by atoms with Gasteiger partial charge in [0.15, 0.2) is 0 Å². The summed E-state index contributed by atoms with van der Waals surface area (Å²) in [6.45, 7) is 9.14. The normalized spacial score (nSPS) is 19.8. The van der Waals surface area contributed by atoms with Crippen molar-refractivity contribution < 1.29 is 0 Å². The summed E-state index contributed by atoms with van der Waals surface area (Å²) >= 11 is 0. The molecule has 1 unspecified atom stereocenters. The minimum Gasteiger partial charge on any atom is -0.307 e. The number of hydrogen-bond donors (Lipinski definition) is 1. The summed E-state index contributed by atoms with van der Waals surface area (Å²) in [5.74, 6) is 1.51. The highest BCUT2D eigenvalue weighted by atomic mass is 14.9. The van der Waals surface area contributed by atoms with E-state index < -0.39 is 0 Å². The average molecular weight is 259 g/mol. The second-order valence-corrected chi connectivity index (χ2v) is 6.54. The fourth-order valence-electron chi connectivity index (χ4n) is 3.25. The Kier molecular flexibility index (Phi) is 5.04. The van der Waals surface area contributed by atoms with Crippen LogP contribution in [0.5, 0.6) is 0 Å². The van der Waals surface area contributed by atoms with Crippen LogP contribution in [0.4, 0.5) is 0 Å². The summed E-state index contributed by atoms with van der Waals surface area (Å²) in [6, 6.07) is 10.2. The molecular formula is C18H29N. The van der Waals surface area contributed by atoms with Gasteiger partial charge in [-0.3, -0.25) is 0 Å². The Morgan fingerprint density at radius 2 is 1.42 bits per heavy atom. The van der Waals surface area contributed by atoms with Crippen molar-refractivity contribution in [1.82, 2.24) is 5.32 Å². The predicted molar refractivity (Wildman–Crippen MR) is 83.5 cm³/mol. The van der Waals surface area contributed by atoms with Gasteiger partial charge < -0.3 is 5.32 Å². The molecule has 0 bridgehead atoms. The maximum atomic E-state index is 3.79. The predicted octanol–water partition coefficient (Wildman–Crippen LogP) is 5.04. The standard InChI is InChI=1S/C18H29N/c1-13(2)16-9-11-18(12-10-16)15(4)19-14(3)17-7-5-6-8-17/h9-15,17,19H,5-8H2,1-4H3/t14-,15?/m0/s1. The molecule has 0 saturated heterocycles. The summed E-state index contributed by atoms with van der Waals surface area (Å²) < 4.78 is 0. The first kappa shape index (κ1) is 14.6. The molecule has 0 aliphatic heterocycles. The van der Waals surface area contributed by atoms with Crippen molar-refractivity contribution >= 4 is 0 Å². The quantitative estimate of drug-likeness (QED) is 0.781. The molecule has 1 fully saturated rings. The Labute approximate surface area is 118 Å². The molecule has 2 rings (SSSR count). The van der Waals surface area contributed by atoms with Crippen molar-refractivity contribution in [2.75, 3.05) is 0 Å². The zero-order valence-electron chi connectivity index (χ0n) is 12.9. The van der Waals surface area contributed by atoms with Crippen molar-refractivity contribution in [3.63, 3.8) is 0 Å². The number of hydrogen-bond acceptors (Lipinski definition) is 1. The zero-order valence-corrected chi connectivity index (χ0v) is 12.9. The first-order chi connectivity index (χ1) is 9.08. The molecule has 0 aromatic heterocycles. The number of nitrogens with one attached hydrogen (secondary N) is 1. The summed E-state index contributed by atoms with van der Waals surface area (Å²) in [7, 11) is 0. The lowest BCUT2D eigenvalue weighted by Crippen LogP contribution is -2.34. The highest BCUT2D eigenvalue weighted by Gasteiger charge is 2.22. The molecule has 1 aliphatic carbocycles. The van der Waals surface area contributed by atoms with Gasteiger partial charge in [-0.1, -0.05) is 51.0 Å². The monoisotopic (exact) mass is 259 g/mol. The van der Waals surface area contributed by atoms with Gasteiger partial charge in [0.1, 0.15) is 0 Å². The van der Waals surface area contributed by atoms with Crippen LogP contribution < -0.4 is 5.32 Å². The van der Waals surface area contributed by atoms with E-state index in [1.165, 1.54) is 36.8 Å². The SMILES string of the molecule is CC(C)c1ccc(C(C)N[C@@H](C)C2CCCC2)cc1. The van der Waals surface area contributed by atoms with Gasteiger partial charge in [-0.05, 0) is 49.7 Å². The minimum absolute atomic E-state index is 0.455. The topological polar surface area (TPSA) is 12.0 Å². The third kappa shape index (κ3) is 3.82. The van der Waals surface area contributed by atoms with Crippen LogP contribution in [0.1, 0.15) is 76.5 Å². The van der Waals surface area contributed by atoms with Crippen molar-refractivity contribution in [3.05, 3.63) is 35.4 Å². The van der Waals surface area contributed by atoms with E-state index in [-0.39, 0.29) is 0 Å². The fraction of sp³-hybridized carbons (Fsp3) is 0.667. The molecule has 1 nitrogen and oxygen atoms in total. The van der Waals surface area contributed by atoms with E-state index in [9.17, 15) is 0 Å². The van der Waals surface area contributed by atoms with E-state index in [1.807, 2.05) is 0 Å². The second kappa shape index (κ2) is 6.56. The zero-order chi connectivity index (χ0) is 13.8. The van der Waals surface area contributed by atoms with Crippen molar-refractivity contribution in [2.45, 2.75) is 71.4 Å². The van der Waals surface area contributed by atoms with Gasteiger partial charge in [-0.25, -0.2) is 0 Å². The van der Waals surface area contributed by atoms with Gasteiger partial charge in [0.2, 0.25) is 0 Å². The van der Waals surface area contributed by atoms with Crippen LogP contribution >= 0.6 is 0 Å². The lowest BCUT2D eigenvalue weighted by atomic mass is 9.96. The average Bonchev–Trinajstić information content (AvgIpc) is 2.92. The molecule has 0 radical (unpaired) electrons. The number of rotatable bonds is 5. The van der Waals surface area contributed by atoms with E-state index in [0.717, 1.165) is 5.92 Å². The Balaban J connectivity index is 1.93. The largest absolute Gasteiger partial charge is 0.307 e. The van der Waals surface area contributed by atoms with E-state index >= 15 is 0 Å². The molecule has 1 heteroatoms. The van der Waals surface area contributed by atoms with Crippen molar-refractivity contribution in [3.8, 4) is 0 Å². The molecule has 1 aromatic carbocycles. The van der Waals surface area contributed by atoms with Crippen LogP contribution in [0, 0.1) is 5.92 Å². The van der Waals surface area contributed by atoms with Crippen LogP contribution in [0.3, 0.4) is 0 Å². The summed E-state index contributed by atoms with van der Waals surface area (Å²) in [4.78, 5) is 0. The molecule has 19 heavy (non-hydrogen) atoms. The van der Waals surface area contributed by atoms with Gasteiger partial charge in [-0.15, -0.1) is 0 Å². The molecule has 0 spiro atoms. The molecule has 106 valence electrons. The van der Waals surface area contributed by atoms with Crippen LogP contribution in [-0.4, -0.2) is 6.04 Å². The summed E-state index contributed by atoms with van der Waals surface area (Å²) in [6.07, 6.45) is 5.67. The fourth-order valence-corrected chi connectivity index (χ4v) is 3.25. The van der Waals surface area contributed by atoms with Crippen LogP contribution in [-0.2, 0) is 0 Å². The van der Waals surface area contributed by atoms with Crippen LogP contribution in [0.25, 0.3) is 0 Å². The lowest BCUT2D eigenvalue weighted by molar-refractivity contribution is 0.352. The van der Waals surface area contributed by atoms with Crippen molar-refractivity contribution in [1.29, 1.82) is 0 Å². The van der Waals surface area contributed by atoms with Gasteiger partial charge in [-0.2, -0.15) is 0 Å². The Bertz CT molecular complexity index is 373. The van der Waals surface area contributed by atoms with E-state index in [2.05, 4.69) is 57.3 Å². The first-order valence-electron chi connectivity index (χ1n) is 7.94. The van der Waals surface area contributed by atoms with E-state index in [1.54, 1.807) is 0 Å². The van der Waals surface area contributed by atoms with Crippen LogP contribution in [0.15, 0.2) is 24.3 Å². The number of benzene rings is 1. The minimum atomic E-state index is 0.455. The second-order valence-electron chi connectivity index (χ2n) is 6.54. The Morgan fingerprint density at radius 3 is 1.95 bits per heavy atom. The highest BCUT2D eigenvalue weighted by Crippen LogP contribution is 2.29. The smallest absolute Gasteiger partial charge is 0.0294 e. The maximum absolute atomic E-state index is 3.79. The van der Waals surface area contributed by atoms with E-state index in [0.29, 0.717) is 18.0 Å². The van der Waals surface area contributed by atoms with Gasteiger partial charge in [0.05, 0.1) is 0 Å². The molecular weight excluding hydrogens is 230 g/mol. The summed E-state index contributed by atoms with van der Waals surface area (Å²) in [5, 5.41) is 3.79. The molecule has 0 amide bonds. The molecule has 1 saturated carbocycles. The lowest BCUT2D eigenvalue weighted by Gasteiger charge is -2.25.